The first-order valence-corrected chi connectivity index (χ1v) is 24.5. The number of aliphatic carboxylic acids is 1. The van der Waals surface area contributed by atoms with Gasteiger partial charge in [0, 0.05) is 12.8 Å². The van der Waals surface area contributed by atoms with E-state index in [-0.39, 0.29) is 19.4 Å². The van der Waals surface area contributed by atoms with Crippen molar-refractivity contribution in [3.8, 4) is 0 Å². The SMILES string of the molecule is CC/C=C\C/C=C\C/C=C\C/C=C\CCCCCCCCCCC(=O)OCC(COC1OC(C(=O)O)C(O)C(O)C1O)OC(=O)CCCCCCC/C=C\C/C=C\CCCCCC. The summed E-state index contributed by atoms with van der Waals surface area (Å²) >= 11 is 0. The fraction of sp³-hybridized carbons (Fsp3) is 0.712. The quantitative estimate of drug-likeness (QED) is 0.0262. The summed E-state index contributed by atoms with van der Waals surface area (Å²) in [5.41, 5.74) is 0. The van der Waals surface area contributed by atoms with Crippen LogP contribution in [-0.4, -0.2) is 88.4 Å². The van der Waals surface area contributed by atoms with E-state index in [0.29, 0.717) is 12.8 Å². The first-order valence-electron chi connectivity index (χ1n) is 24.5. The summed E-state index contributed by atoms with van der Waals surface area (Å²) in [5, 5.41) is 39.9. The standard InChI is InChI=1S/C52H86O11/c1-3-5-7-9-11-13-15-17-19-21-22-23-24-25-27-28-30-32-34-36-38-40-45(53)60-42-44(43-61-52-49(57)47(55)48(56)50(63-52)51(58)59)62-46(54)41-39-37-35-33-31-29-26-20-18-16-14-12-10-8-6-4-2/h5,7,11,13-14,16-17,19-20,22-23,26,44,47-50,52,55-57H,3-4,6,8-10,12,15,18,21,24-25,27-43H2,1-2H3,(H,58,59)/b7-5-,13-11-,16-14-,19-17-,23-22-,26-20-. The van der Waals surface area contributed by atoms with Gasteiger partial charge in [-0.05, 0) is 83.5 Å². The number of hydrogen-bond donors (Lipinski definition) is 4. The topological polar surface area (TPSA) is 169 Å². The molecule has 1 rings (SSSR count). The first kappa shape index (κ1) is 57.7. The molecule has 0 bridgehead atoms. The van der Waals surface area contributed by atoms with Crippen molar-refractivity contribution in [2.45, 2.75) is 224 Å². The van der Waals surface area contributed by atoms with Crippen LogP contribution in [0.15, 0.2) is 72.9 Å². The summed E-state index contributed by atoms with van der Waals surface area (Å²) in [4.78, 5) is 36.9. The highest BCUT2D eigenvalue weighted by Gasteiger charge is 2.47. The smallest absolute Gasteiger partial charge is 0.335 e. The van der Waals surface area contributed by atoms with E-state index in [1.54, 1.807) is 0 Å². The van der Waals surface area contributed by atoms with Gasteiger partial charge in [0.1, 0.15) is 24.9 Å². The first-order chi connectivity index (χ1) is 30.7. The lowest BCUT2D eigenvalue weighted by Crippen LogP contribution is -2.60. The fourth-order valence-electron chi connectivity index (χ4n) is 6.96. The van der Waals surface area contributed by atoms with Crippen LogP contribution in [0.2, 0.25) is 0 Å². The number of carbonyl (C=O) groups excluding carboxylic acids is 2. The van der Waals surface area contributed by atoms with Gasteiger partial charge in [-0.1, -0.05) is 164 Å². The van der Waals surface area contributed by atoms with Crippen molar-refractivity contribution in [1.82, 2.24) is 0 Å². The van der Waals surface area contributed by atoms with Crippen LogP contribution >= 0.6 is 0 Å². The molecular formula is C52H86O11. The molecule has 1 aliphatic rings. The Morgan fingerprint density at radius 3 is 1.41 bits per heavy atom. The Bertz CT molecular complexity index is 1320. The summed E-state index contributed by atoms with van der Waals surface area (Å²) in [7, 11) is 0. The molecule has 0 amide bonds. The molecule has 6 atom stereocenters. The molecule has 0 aromatic heterocycles. The lowest BCUT2D eigenvalue weighted by atomic mass is 9.99. The Morgan fingerprint density at radius 1 is 0.508 bits per heavy atom. The van der Waals surface area contributed by atoms with Gasteiger partial charge in [0.05, 0.1) is 6.61 Å². The highest BCUT2D eigenvalue weighted by Crippen LogP contribution is 2.23. The number of carbonyl (C=O) groups is 3. The predicted octanol–water partition coefficient (Wildman–Crippen LogP) is 11.3. The molecule has 0 aromatic rings. The Labute approximate surface area is 380 Å². The van der Waals surface area contributed by atoms with E-state index in [1.165, 1.54) is 51.4 Å². The minimum absolute atomic E-state index is 0.162. The normalized spacial score (nSPS) is 20.0. The van der Waals surface area contributed by atoms with Gasteiger partial charge < -0.3 is 39.4 Å². The van der Waals surface area contributed by atoms with Gasteiger partial charge >= 0.3 is 17.9 Å². The Hall–Kier alpha value is -3.35. The highest BCUT2D eigenvalue weighted by atomic mass is 16.7. The second-order valence-electron chi connectivity index (χ2n) is 16.6. The lowest BCUT2D eigenvalue weighted by Gasteiger charge is -2.38. The van der Waals surface area contributed by atoms with E-state index in [9.17, 15) is 34.8 Å². The van der Waals surface area contributed by atoms with Crippen molar-refractivity contribution in [2.75, 3.05) is 13.2 Å². The number of rotatable bonds is 40. The van der Waals surface area contributed by atoms with Gasteiger partial charge in [-0.3, -0.25) is 9.59 Å². The Balaban J connectivity index is 2.34. The maximum absolute atomic E-state index is 12.8. The number of aliphatic hydroxyl groups excluding tert-OH is 3. The molecule has 1 saturated heterocycles. The number of ether oxygens (including phenoxy) is 4. The maximum Gasteiger partial charge on any atom is 0.335 e. The molecule has 1 heterocycles. The van der Waals surface area contributed by atoms with Gasteiger partial charge in [0.15, 0.2) is 18.5 Å². The number of aliphatic hydroxyl groups is 3. The van der Waals surface area contributed by atoms with E-state index >= 15 is 0 Å². The minimum atomic E-state index is -1.87. The van der Waals surface area contributed by atoms with Gasteiger partial charge in [-0.25, -0.2) is 4.79 Å². The van der Waals surface area contributed by atoms with Crippen LogP contribution in [0, 0.1) is 0 Å². The van der Waals surface area contributed by atoms with Crippen LogP contribution < -0.4 is 0 Å². The Kier molecular flexibility index (Phi) is 37.9. The van der Waals surface area contributed by atoms with Gasteiger partial charge in [-0.2, -0.15) is 0 Å². The molecule has 1 aliphatic heterocycles. The molecule has 0 spiro atoms. The van der Waals surface area contributed by atoms with Crippen molar-refractivity contribution in [1.29, 1.82) is 0 Å². The van der Waals surface area contributed by atoms with Crippen LogP contribution in [0.5, 0.6) is 0 Å². The van der Waals surface area contributed by atoms with Crippen molar-refractivity contribution in [2.24, 2.45) is 0 Å². The number of hydrogen-bond acceptors (Lipinski definition) is 10. The van der Waals surface area contributed by atoms with Crippen molar-refractivity contribution in [3.63, 3.8) is 0 Å². The predicted molar refractivity (Wildman–Crippen MR) is 252 cm³/mol. The third kappa shape index (κ3) is 32.9. The minimum Gasteiger partial charge on any atom is -0.479 e. The summed E-state index contributed by atoms with van der Waals surface area (Å²) in [5.74, 6) is -2.48. The number of esters is 2. The van der Waals surface area contributed by atoms with Crippen LogP contribution in [0.1, 0.15) is 187 Å². The number of carboxylic acid groups (broad SMARTS) is 1. The summed E-state index contributed by atoms with van der Waals surface area (Å²) in [6.07, 6.45) is 43.7. The summed E-state index contributed by atoms with van der Waals surface area (Å²) < 4.78 is 21.8. The third-order valence-corrected chi connectivity index (χ3v) is 10.8. The maximum atomic E-state index is 12.8. The average Bonchev–Trinajstić information content (AvgIpc) is 3.27. The molecule has 11 heteroatoms. The molecule has 0 saturated carbocycles. The molecule has 0 aliphatic carbocycles. The second kappa shape index (κ2) is 41.4. The number of allylic oxidation sites excluding steroid dienone is 12. The zero-order chi connectivity index (χ0) is 46.0. The zero-order valence-electron chi connectivity index (χ0n) is 39.0. The van der Waals surface area contributed by atoms with Crippen molar-refractivity contribution >= 4 is 17.9 Å². The van der Waals surface area contributed by atoms with Gasteiger partial charge in [0.25, 0.3) is 0 Å². The van der Waals surface area contributed by atoms with Crippen LogP contribution in [0.25, 0.3) is 0 Å². The van der Waals surface area contributed by atoms with Crippen LogP contribution in [-0.2, 0) is 33.3 Å². The molecular weight excluding hydrogens is 801 g/mol. The number of unbranched alkanes of at least 4 members (excludes halogenated alkanes) is 17. The summed E-state index contributed by atoms with van der Waals surface area (Å²) in [6, 6.07) is 0. The van der Waals surface area contributed by atoms with E-state index < -0.39 is 61.3 Å². The monoisotopic (exact) mass is 887 g/mol. The summed E-state index contributed by atoms with van der Waals surface area (Å²) in [6.45, 7) is 3.67. The fourth-order valence-corrected chi connectivity index (χ4v) is 6.96. The molecule has 360 valence electrons. The van der Waals surface area contributed by atoms with E-state index in [4.69, 9.17) is 18.9 Å². The Morgan fingerprint density at radius 2 is 0.937 bits per heavy atom. The van der Waals surface area contributed by atoms with E-state index in [1.807, 2.05) is 0 Å². The molecule has 0 radical (unpaired) electrons. The van der Waals surface area contributed by atoms with Crippen LogP contribution in [0.4, 0.5) is 0 Å². The molecule has 1 fully saturated rings. The molecule has 0 aromatic carbocycles. The van der Waals surface area contributed by atoms with Gasteiger partial charge in [0.2, 0.25) is 0 Å². The highest BCUT2D eigenvalue weighted by molar-refractivity contribution is 5.73. The van der Waals surface area contributed by atoms with Gasteiger partial charge in [-0.15, -0.1) is 0 Å². The third-order valence-electron chi connectivity index (χ3n) is 10.8. The molecule has 11 nitrogen and oxygen atoms in total. The second-order valence-corrected chi connectivity index (χ2v) is 16.6. The number of carboxylic acids is 1. The molecule has 63 heavy (non-hydrogen) atoms. The van der Waals surface area contributed by atoms with Crippen molar-refractivity contribution in [3.05, 3.63) is 72.9 Å². The van der Waals surface area contributed by atoms with E-state index in [0.717, 1.165) is 96.3 Å². The van der Waals surface area contributed by atoms with Crippen LogP contribution in [0.3, 0.4) is 0 Å². The van der Waals surface area contributed by atoms with Crippen molar-refractivity contribution < 1.29 is 53.8 Å². The lowest BCUT2D eigenvalue weighted by molar-refractivity contribution is -0.298. The molecule has 4 N–H and O–H groups in total. The average molecular weight is 887 g/mol. The largest absolute Gasteiger partial charge is 0.479 e. The zero-order valence-corrected chi connectivity index (χ0v) is 39.0. The van der Waals surface area contributed by atoms with E-state index in [2.05, 4.69) is 86.8 Å². The molecule has 6 unspecified atom stereocenters.